The molecule has 2 aromatic rings. The molecular formula is C14H16N2OS. The summed E-state index contributed by atoms with van der Waals surface area (Å²) in [5.74, 6) is 0.0587. The Balaban J connectivity index is 2.21. The Hall–Kier alpha value is -1.52. The molecule has 0 aliphatic carbocycles. The van der Waals surface area contributed by atoms with Crippen LogP contribution in [0.25, 0.3) is 0 Å². The lowest BCUT2D eigenvalue weighted by molar-refractivity contribution is 0.0988. The Morgan fingerprint density at radius 3 is 2.56 bits per heavy atom. The van der Waals surface area contributed by atoms with Crippen LogP contribution in [-0.2, 0) is 13.0 Å². The Kier molecular flexibility index (Phi) is 3.89. The average Bonchev–Trinajstić information content (AvgIpc) is 2.82. The van der Waals surface area contributed by atoms with Crippen LogP contribution in [0, 0.1) is 13.8 Å². The maximum absolute atomic E-state index is 12.2. The summed E-state index contributed by atoms with van der Waals surface area (Å²) in [4.78, 5) is 16.4. The largest absolute Gasteiger partial charge is 0.325 e. The van der Waals surface area contributed by atoms with Gasteiger partial charge in [0.25, 0.3) is 0 Å². The minimum Gasteiger partial charge on any atom is -0.325 e. The van der Waals surface area contributed by atoms with Crippen molar-refractivity contribution < 1.29 is 4.79 Å². The zero-order valence-corrected chi connectivity index (χ0v) is 11.4. The second-order valence-corrected chi connectivity index (χ2v) is 5.24. The predicted octanol–water partition coefficient (Wildman–Crippen LogP) is 2.64. The Bertz CT molecular complexity index is 555. The highest BCUT2D eigenvalue weighted by atomic mass is 32.1. The molecule has 0 aliphatic rings. The number of thiazole rings is 1. The topological polar surface area (TPSA) is 56.0 Å². The summed E-state index contributed by atoms with van der Waals surface area (Å²) < 4.78 is 0. The van der Waals surface area contributed by atoms with E-state index in [4.69, 9.17) is 5.73 Å². The number of benzene rings is 1. The van der Waals surface area contributed by atoms with Crippen molar-refractivity contribution in [3.05, 3.63) is 51.0 Å². The summed E-state index contributed by atoms with van der Waals surface area (Å²) in [5, 5.41) is 2.60. The second-order valence-electron chi connectivity index (χ2n) is 4.30. The van der Waals surface area contributed by atoms with Crippen LogP contribution in [0.2, 0.25) is 0 Å². The van der Waals surface area contributed by atoms with Crippen LogP contribution in [0.15, 0.2) is 23.6 Å². The van der Waals surface area contributed by atoms with Crippen molar-refractivity contribution >= 4 is 17.1 Å². The smallest absolute Gasteiger partial charge is 0.186 e. The molecule has 1 aromatic carbocycles. The van der Waals surface area contributed by atoms with Gasteiger partial charge in [0.05, 0.1) is 0 Å². The summed E-state index contributed by atoms with van der Waals surface area (Å²) in [5.41, 5.74) is 9.43. The molecule has 2 N–H and O–H groups in total. The number of carbonyl (C=O) groups excluding carboxylic acids is 1. The summed E-state index contributed by atoms with van der Waals surface area (Å²) in [6.07, 6.45) is 0.409. The fourth-order valence-electron chi connectivity index (χ4n) is 1.91. The molecule has 0 saturated heterocycles. The van der Waals surface area contributed by atoms with Gasteiger partial charge in [0.1, 0.15) is 10.7 Å². The molecule has 3 nitrogen and oxygen atoms in total. The van der Waals surface area contributed by atoms with E-state index in [1.165, 1.54) is 11.3 Å². The van der Waals surface area contributed by atoms with Gasteiger partial charge in [0, 0.05) is 18.3 Å². The molecule has 0 saturated carbocycles. The SMILES string of the molecule is Cc1cccc(C)c1CC(=O)c1csc(CN)n1. The van der Waals surface area contributed by atoms with Gasteiger partial charge in [-0.15, -0.1) is 11.3 Å². The predicted molar refractivity (Wildman–Crippen MR) is 74.0 cm³/mol. The van der Waals surface area contributed by atoms with Crippen LogP contribution in [0.3, 0.4) is 0 Å². The highest BCUT2D eigenvalue weighted by Crippen LogP contribution is 2.17. The van der Waals surface area contributed by atoms with E-state index in [9.17, 15) is 4.79 Å². The van der Waals surface area contributed by atoms with Crippen molar-refractivity contribution in [3.8, 4) is 0 Å². The highest BCUT2D eigenvalue weighted by Gasteiger charge is 2.13. The van der Waals surface area contributed by atoms with E-state index in [-0.39, 0.29) is 5.78 Å². The molecule has 2 rings (SSSR count). The lowest BCUT2D eigenvalue weighted by Gasteiger charge is -2.07. The van der Waals surface area contributed by atoms with Gasteiger partial charge in [0.2, 0.25) is 0 Å². The maximum atomic E-state index is 12.2. The van der Waals surface area contributed by atoms with Crippen molar-refractivity contribution in [1.82, 2.24) is 4.98 Å². The number of nitrogens with two attached hydrogens (primary N) is 1. The van der Waals surface area contributed by atoms with E-state index in [2.05, 4.69) is 4.98 Å². The zero-order valence-electron chi connectivity index (χ0n) is 10.6. The summed E-state index contributed by atoms with van der Waals surface area (Å²) >= 11 is 1.44. The highest BCUT2D eigenvalue weighted by molar-refractivity contribution is 7.09. The number of ketones is 1. The van der Waals surface area contributed by atoms with Gasteiger partial charge in [-0.3, -0.25) is 4.79 Å². The monoisotopic (exact) mass is 260 g/mol. The third-order valence-corrected chi connectivity index (χ3v) is 3.86. The first-order chi connectivity index (χ1) is 8.61. The van der Waals surface area contributed by atoms with Gasteiger partial charge >= 0.3 is 0 Å². The molecule has 1 heterocycles. The minimum absolute atomic E-state index is 0.0587. The van der Waals surface area contributed by atoms with Crippen molar-refractivity contribution in [3.63, 3.8) is 0 Å². The molecule has 0 amide bonds. The number of carbonyl (C=O) groups is 1. The fourth-order valence-corrected chi connectivity index (χ4v) is 2.59. The Morgan fingerprint density at radius 1 is 1.33 bits per heavy atom. The number of aryl methyl sites for hydroxylation is 2. The molecule has 0 fully saturated rings. The van der Waals surface area contributed by atoms with Crippen molar-refractivity contribution in [1.29, 1.82) is 0 Å². The summed E-state index contributed by atoms with van der Waals surface area (Å²) in [7, 11) is 0. The molecule has 94 valence electrons. The maximum Gasteiger partial charge on any atom is 0.186 e. The van der Waals surface area contributed by atoms with Crippen LogP contribution < -0.4 is 5.73 Å². The normalized spacial score (nSPS) is 10.6. The van der Waals surface area contributed by atoms with Gasteiger partial charge in [-0.05, 0) is 30.5 Å². The number of aromatic nitrogens is 1. The van der Waals surface area contributed by atoms with E-state index in [0.717, 1.165) is 21.7 Å². The molecule has 0 spiro atoms. The van der Waals surface area contributed by atoms with E-state index >= 15 is 0 Å². The Morgan fingerprint density at radius 2 is 2.00 bits per heavy atom. The van der Waals surface area contributed by atoms with Crippen molar-refractivity contribution in [2.24, 2.45) is 5.73 Å². The third kappa shape index (κ3) is 2.66. The molecule has 0 bridgehead atoms. The van der Waals surface area contributed by atoms with Crippen LogP contribution in [0.1, 0.15) is 32.2 Å². The quantitative estimate of drug-likeness (QED) is 0.860. The molecule has 0 unspecified atom stereocenters. The lowest BCUT2D eigenvalue weighted by atomic mass is 9.97. The van der Waals surface area contributed by atoms with E-state index in [1.807, 2.05) is 32.0 Å². The number of hydrogen-bond acceptors (Lipinski definition) is 4. The van der Waals surface area contributed by atoms with Gasteiger partial charge in [-0.1, -0.05) is 18.2 Å². The molecule has 0 radical (unpaired) electrons. The fraction of sp³-hybridized carbons (Fsp3) is 0.286. The van der Waals surface area contributed by atoms with Crippen molar-refractivity contribution in [2.75, 3.05) is 0 Å². The number of hydrogen-bond donors (Lipinski definition) is 1. The third-order valence-electron chi connectivity index (χ3n) is 2.99. The van der Waals surface area contributed by atoms with Crippen LogP contribution in [0.4, 0.5) is 0 Å². The average molecular weight is 260 g/mol. The first-order valence-electron chi connectivity index (χ1n) is 5.84. The number of rotatable bonds is 4. The van der Waals surface area contributed by atoms with Gasteiger partial charge in [-0.2, -0.15) is 0 Å². The summed E-state index contributed by atoms with van der Waals surface area (Å²) in [6.45, 7) is 4.45. The first-order valence-corrected chi connectivity index (χ1v) is 6.72. The molecule has 18 heavy (non-hydrogen) atoms. The second kappa shape index (κ2) is 5.42. The van der Waals surface area contributed by atoms with Crippen LogP contribution in [-0.4, -0.2) is 10.8 Å². The summed E-state index contributed by atoms with van der Waals surface area (Å²) in [6, 6.07) is 6.07. The standard InChI is InChI=1S/C14H16N2OS/c1-9-4-3-5-10(2)11(9)6-13(17)12-8-18-14(7-15)16-12/h3-5,8H,6-7,15H2,1-2H3. The van der Waals surface area contributed by atoms with Gasteiger partial charge in [0.15, 0.2) is 5.78 Å². The number of nitrogens with zero attached hydrogens (tertiary/aromatic N) is 1. The zero-order chi connectivity index (χ0) is 13.1. The first kappa shape index (κ1) is 12.9. The minimum atomic E-state index is 0.0587. The molecule has 1 aromatic heterocycles. The van der Waals surface area contributed by atoms with E-state index < -0.39 is 0 Å². The molecule has 4 heteroatoms. The molecule has 0 atom stereocenters. The molecular weight excluding hydrogens is 244 g/mol. The Labute approximate surface area is 111 Å². The van der Waals surface area contributed by atoms with Crippen LogP contribution >= 0.6 is 11.3 Å². The number of Topliss-reactive ketones (excluding diaryl/α,β-unsaturated/α-hetero) is 1. The van der Waals surface area contributed by atoms with Gasteiger partial charge < -0.3 is 5.73 Å². The van der Waals surface area contributed by atoms with Crippen LogP contribution in [0.5, 0.6) is 0 Å². The molecule has 0 aliphatic heterocycles. The van der Waals surface area contributed by atoms with E-state index in [1.54, 1.807) is 5.38 Å². The lowest BCUT2D eigenvalue weighted by Crippen LogP contribution is -2.07. The van der Waals surface area contributed by atoms with E-state index in [0.29, 0.717) is 18.7 Å². The van der Waals surface area contributed by atoms with Crippen molar-refractivity contribution in [2.45, 2.75) is 26.8 Å². The van der Waals surface area contributed by atoms with Gasteiger partial charge in [-0.25, -0.2) is 4.98 Å².